The van der Waals surface area contributed by atoms with Gasteiger partial charge in [-0.25, -0.2) is 0 Å². The number of ether oxygens (including phenoxy) is 1. The van der Waals surface area contributed by atoms with Crippen LogP contribution in [0.5, 0.6) is 0 Å². The van der Waals surface area contributed by atoms with E-state index in [2.05, 4.69) is 0 Å². The quantitative estimate of drug-likeness (QED) is 0.540. The van der Waals surface area contributed by atoms with Crippen molar-refractivity contribution >= 4 is 16.1 Å². The van der Waals surface area contributed by atoms with Crippen molar-refractivity contribution in [2.24, 2.45) is 17.6 Å². The van der Waals surface area contributed by atoms with E-state index < -0.39 is 21.6 Å². The van der Waals surface area contributed by atoms with Gasteiger partial charge in [0, 0.05) is 6.54 Å². The second kappa shape index (κ2) is 7.21. The molecule has 19 heavy (non-hydrogen) atoms. The smallest absolute Gasteiger partial charge is 0.310 e. The average molecular weight is 295 g/mol. The minimum Gasteiger partial charge on any atom is -0.460 e. The van der Waals surface area contributed by atoms with Crippen LogP contribution in [-0.2, 0) is 19.6 Å². The van der Waals surface area contributed by atoms with Gasteiger partial charge in [-0.2, -0.15) is 8.42 Å². The lowest BCUT2D eigenvalue weighted by atomic mass is 9.94. The molecular formula is C12H25NO5S. The maximum absolute atomic E-state index is 11.9. The van der Waals surface area contributed by atoms with Crippen LogP contribution in [-0.4, -0.2) is 36.8 Å². The molecule has 0 bridgehead atoms. The van der Waals surface area contributed by atoms with E-state index in [1.165, 1.54) is 0 Å². The van der Waals surface area contributed by atoms with Gasteiger partial charge in [0.25, 0.3) is 10.1 Å². The second-order valence-electron chi connectivity index (χ2n) is 5.88. The molecule has 0 radical (unpaired) electrons. The highest BCUT2D eigenvalue weighted by Gasteiger charge is 2.26. The van der Waals surface area contributed by atoms with E-state index in [0.717, 1.165) is 0 Å². The van der Waals surface area contributed by atoms with Gasteiger partial charge in [-0.05, 0) is 39.5 Å². The van der Waals surface area contributed by atoms with E-state index in [4.69, 9.17) is 15.0 Å². The van der Waals surface area contributed by atoms with Gasteiger partial charge in [0.05, 0.1) is 11.7 Å². The highest BCUT2D eigenvalue weighted by atomic mass is 32.2. The third-order valence-corrected chi connectivity index (χ3v) is 3.33. The van der Waals surface area contributed by atoms with Crippen molar-refractivity contribution in [3.05, 3.63) is 0 Å². The molecule has 0 aromatic carbocycles. The molecule has 2 atom stereocenters. The Hall–Kier alpha value is -0.660. The van der Waals surface area contributed by atoms with Crippen molar-refractivity contribution in [1.29, 1.82) is 0 Å². The summed E-state index contributed by atoms with van der Waals surface area (Å²) in [5, 5.41) is 0. The summed E-state index contributed by atoms with van der Waals surface area (Å²) < 4.78 is 35.2. The van der Waals surface area contributed by atoms with Gasteiger partial charge in [0.15, 0.2) is 0 Å². The van der Waals surface area contributed by atoms with Crippen LogP contribution in [0.25, 0.3) is 0 Å². The molecule has 0 saturated heterocycles. The van der Waals surface area contributed by atoms with Gasteiger partial charge in [0.1, 0.15) is 5.60 Å². The number of carbonyl (C=O) groups excluding carboxylic acids is 1. The summed E-state index contributed by atoms with van der Waals surface area (Å²) in [5.41, 5.74) is 4.99. The Labute approximate surface area is 115 Å². The molecule has 0 amide bonds. The minimum atomic E-state index is -3.96. The predicted molar refractivity (Wildman–Crippen MR) is 73.2 cm³/mol. The Bertz CT molecular complexity index is 385. The van der Waals surface area contributed by atoms with Gasteiger partial charge in [0.2, 0.25) is 0 Å². The molecule has 0 aliphatic rings. The lowest BCUT2D eigenvalue weighted by molar-refractivity contribution is -0.160. The first-order valence-electron chi connectivity index (χ1n) is 6.32. The number of esters is 1. The highest BCUT2D eigenvalue weighted by molar-refractivity contribution is 7.85. The first-order valence-corrected chi connectivity index (χ1v) is 7.93. The van der Waals surface area contributed by atoms with E-state index in [9.17, 15) is 13.2 Å². The number of carbonyl (C=O) groups is 1. The van der Waals surface area contributed by atoms with E-state index in [1.807, 2.05) is 6.92 Å². The fourth-order valence-electron chi connectivity index (χ4n) is 1.63. The monoisotopic (exact) mass is 295 g/mol. The molecule has 3 N–H and O–H groups in total. The molecule has 7 heteroatoms. The Balaban J connectivity index is 4.36. The Morgan fingerprint density at radius 3 is 2.26 bits per heavy atom. The van der Waals surface area contributed by atoms with Gasteiger partial charge in [-0.15, -0.1) is 0 Å². The molecule has 0 saturated carbocycles. The highest BCUT2D eigenvalue weighted by Crippen LogP contribution is 2.19. The number of hydrogen-bond acceptors (Lipinski definition) is 5. The minimum absolute atomic E-state index is 0.0389. The molecule has 0 fully saturated rings. The van der Waals surface area contributed by atoms with Crippen molar-refractivity contribution < 1.29 is 22.5 Å². The molecule has 6 nitrogen and oxygen atoms in total. The standard InChI is InChI=1S/C12H25NO5S/c1-9(5-6-19(15,16)17)7-10(8-13)11(14)18-12(2,3)4/h9-10H,5-8,13H2,1-4H3,(H,15,16,17). The third kappa shape index (κ3) is 9.86. The summed E-state index contributed by atoms with van der Waals surface area (Å²) in [6.07, 6.45) is 0.735. The fourth-order valence-corrected chi connectivity index (χ4v) is 2.33. The van der Waals surface area contributed by atoms with E-state index >= 15 is 0 Å². The second-order valence-corrected chi connectivity index (χ2v) is 7.45. The molecule has 0 heterocycles. The molecule has 0 rings (SSSR count). The van der Waals surface area contributed by atoms with Crippen LogP contribution in [0.15, 0.2) is 0 Å². The maximum Gasteiger partial charge on any atom is 0.310 e. The SMILES string of the molecule is CC(CCS(=O)(=O)O)CC(CN)C(=O)OC(C)(C)C. The van der Waals surface area contributed by atoms with Crippen LogP contribution < -0.4 is 5.73 Å². The first-order chi connectivity index (χ1) is 8.44. The van der Waals surface area contributed by atoms with E-state index in [0.29, 0.717) is 6.42 Å². The van der Waals surface area contributed by atoms with Crippen molar-refractivity contribution in [3.63, 3.8) is 0 Å². The summed E-state index contributed by atoms with van der Waals surface area (Å²) in [4.78, 5) is 11.9. The van der Waals surface area contributed by atoms with E-state index in [-0.39, 0.29) is 30.6 Å². The normalized spacial score (nSPS) is 15.9. The molecule has 0 aromatic heterocycles. The van der Waals surface area contributed by atoms with Crippen molar-refractivity contribution in [2.45, 2.75) is 46.1 Å². The predicted octanol–water partition coefficient (Wildman–Crippen LogP) is 1.21. The zero-order valence-electron chi connectivity index (χ0n) is 12.0. The molecule has 0 aliphatic heterocycles. The molecule has 0 spiro atoms. The van der Waals surface area contributed by atoms with Crippen LogP contribution in [0.2, 0.25) is 0 Å². The van der Waals surface area contributed by atoms with Crippen molar-refractivity contribution in [2.75, 3.05) is 12.3 Å². The van der Waals surface area contributed by atoms with Crippen LogP contribution in [0, 0.1) is 11.8 Å². The Kier molecular flexibility index (Phi) is 6.96. The van der Waals surface area contributed by atoms with Crippen molar-refractivity contribution in [1.82, 2.24) is 0 Å². The first kappa shape index (κ1) is 18.3. The van der Waals surface area contributed by atoms with Gasteiger partial charge in [-0.3, -0.25) is 9.35 Å². The molecular weight excluding hydrogens is 270 g/mol. The summed E-state index contributed by atoms with van der Waals surface area (Å²) in [5.74, 6) is -1.16. The summed E-state index contributed by atoms with van der Waals surface area (Å²) in [6, 6.07) is 0. The van der Waals surface area contributed by atoms with Crippen LogP contribution >= 0.6 is 0 Å². The number of nitrogens with two attached hydrogens (primary N) is 1. The Morgan fingerprint density at radius 2 is 1.89 bits per heavy atom. The summed E-state index contributed by atoms with van der Waals surface area (Å²) >= 11 is 0. The van der Waals surface area contributed by atoms with E-state index in [1.54, 1.807) is 20.8 Å². The molecule has 0 aromatic rings. The fraction of sp³-hybridized carbons (Fsp3) is 0.917. The van der Waals surface area contributed by atoms with Crippen LogP contribution in [0.4, 0.5) is 0 Å². The molecule has 114 valence electrons. The zero-order valence-corrected chi connectivity index (χ0v) is 12.9. The lowest BCUT2D eigenvalue weighted by Crippen LogP contribution is -2.33. The molecule has 2 unspecified atom stereocenters. The van der Waals surface area contributed by atoms with Crippen molar-refractivity contribution in [3.8, 4) is 0 Å². The van der Waals surface area contributed by atoms with Crippen LogP contribution in [0.3, 0.4) is 0 Å². The number of hydrogen-bond donors (Lipinski definition) is 2. The number of rotatable bonds is 7. The van der Waals surface area contributed by atoms with Gasteiger partial charge < -0.3 is 10.5 Å². The maximum atomic E-state index is 11.9. The topological polar surface area (TPSA) is 107 Å². The summed E-state index contributed by atoms with van der Waals surface area (Å²) in [7, 11) is -3.96. The van der Waals surface area contributed by atoms with Crippen LogP contribution in [0.1, 0.15) is 40.5 Å². The van der Waals surface area contributed by atoms with Gasteiger partial charge in [-0.1, -0.05) is 6.92 Å². The molecule has 0 aliphatic carbocycles. The van der Waals surface area contributed by atoms with Gasteiger partial charge >= 0.3 is 5.97 Å². The Morgan fingerprint density at radius 1 is 1.37 bits per heavy atom. The lowest BCUT2D eigenvalue weighted by Gasteiger charge is -2.24. The average Bonchev–Trinajstić information content (AvgIpc) is 2.19. The third-order valence-electron chi connectivity index (χ3n) is 2.58. The zero-order chi connectivity index (χ0) is 15.3. The summed E-state index contributed by atoms with van der Waals surface area (Å²) in [6.45, 7) is 7.31. The largest absolute Gasteiger partial charge is 0.460 e.